The molecule has 3 atom stereocenters. The Bertz CT molecular complexity index is 863. The molecule has 28 heavy (non-hydrogen) atoms. The second-order valence-corrected chi connectivity index (χ2v) is 11.7. The number of aromatic hydroxyl groups is 1. The van der Waals surface area contributed by atoms with E-state index in [2.05, 4.69) is 22.6 Å². The minimum atomic E-state index is -3.15. The predicted octanol–water partition coefficient (Wildman–Crippen LogP) is 2.78. The monoisotopic (exact) mass is 404 g/mol. The third kappa shape index (κ3) is 3.27. The fourth-order valence-corrected chi connectivity index (χ4v) is 7.18. The summed E-state index contributed by atoms with van der Waals surface area (Å²) in [5, 5.41) is 10.0. The van der Waals surface area contributed by atoms with Crippen molar-refractivity contribution in [1.82, 2.24) is 9.62 Å². The Kier molecular flexibility index (Phi) is 4.53. The lowest BCUT2D eigenvalue weighted by Gasteiger charge is -2.56. The van der Waals surface area contributed by atoms with Gasteiger partial charge in [0.15, 0.2) is 0 Å². The summed E-state index contributed by atoms with van der Waals surface area (Å²) in [6, 6.07) is 6.37. The molecule has 0 radical (unpaired) electrons. The van der Waals surface area contributed by atoms with Crippen molar-refractivity contribution in [3.63, 3.8) is 0 Å². The number of sulfonamides is 1. The molecule has 4 aliphatic rings. The number of likely N-dealkylation sites (tertiary alicyclic amines) is 1. The summed E-state index contributed by atoms with van der Waals surface area (Å²) in [7, 11) is -3.15. The number of phenolic OH excluding ortho intramolecular Hbond substituents is 1. The maximum atomic E-state index is 12.3. The molecule has 2 N–H and O–H groups in total. The van der Waals surface area contributed by atoms with Gasteiger partial charge in [-0.05, 0) is 86.6 Å². The third-order valence-corrected chi connectivity index (χ3v) is 9.80. The molecule has 3 aliphatic carbocycles. The van der Waals surface area contributed by atoms with E-state index in [1.807, 2.05) is 6.07 Å². The molecule has 154 valence electrons. The van der Waals surface area contributed by atoms with Gasteiger partial charge in [-0.2, -0.15) is 0 Å². The zero-order valence-corrected chi connectivity index (χ0v) is 17.5. The fraction of sp³-hybridized carbons (Fsp3) is 0.727. The van der Waals surface area contributed by atoms with Gasteiger partial charge in [-0.1, -0.05) is 13.0 Å². The maximum absolute atomic E-state index is 12.3. The first-order valence-electron chi connectivity index (χ1n) is 10.9. The second kappa shape index (κ2) is 6.71. The number of phenols is 1. The average molecular weight is 405 g/mol. The molecule has 0 amide bonds. The Labute approximate surface area is 168 Å². The summed E-state index contributed by atoms with van der Waals surface area (Å²) in [5.74, 6) is 1.66. The Morgan fingerprint density at radius 1 is 1.25 bits per heavy atom. The van der Waals surface area contributed by atoms with Crippen LogP contribution in [0.3, 0.4) is 0 Å². The minimum Gasteiger partial charge on any atom is -0.508 e. The first kappa shape index (κ1) is 18.9. The number of rotatable bonds is 7. The highest BCUT2D eigenvalue weighted by Crippen LogP contribution is 2.52. The van der Waals surface area contributed by atoms with Crippen LogP contribution in [0.4, 0.5) is 0 Å². The summed E-state index contributed by atoms with van der Waals surface area (Å²) >= 11 is 0. The largest absolute Gasteiger partial charge is 0.508 e. The Morgan fingerprint density at radius 2 is 2.04 bits per heavy atom. The molecule has 1 saturated heterocycles. The highest BCUT2D eigenvalue weighted by atomic mass is 32.2. The van der Waals surface area contributed by atoms with E-state index in [0.717, 1.165) is 44.6 Å². The average Bonchev–Trinajstić information content (AvgIpc) is 3.53. The van der Waals surface area contributed by atoms with Crippen LogP contribution in [-0.4, -0.2) is 49.4 Å². The molecule has 0 unspecified atom stereocenters. The minimum absolute atomic E-state index is 0.0525. The van der Waals surface area contributed by atoms with E-state index in [-0.39, 0.29) is 10.7 Å². The molecular formula is C22H32N2O3S. The van der Waals surface area contributed by atoms with Crippen molar-refractivity contribution in [2.75, 3.05) is 19.6 Å². The van der Waals surface area contributed by atoms with Gasteiger partial charge in [-0.25, -0.2) is 13.1 Å². The topological polar surface area (TPSA) is 69.6 Å². The quantitative estimate of drug-likeness (QED) is 0.733. The number of nitrogens with one attached hydrogen (secondary N) is 1. The van der Waals surface area contributed by atoms with Crippen LogP contribution in [-0.2, 0) is 21.9 Å². The molecule has 5 rings (SSSR count). The lowest BCUT2D eigenvalue weighted by molar-refractivity contribution is 0.0164. The van der Waals surface area contributed by atoms with Crippen LogP contribution >= 0.6 is 0 Å². The summed E-state index contributed by atoms with van der Waals surface area (Å²) in [6.07, 6.45) is 7.23. The van der Waals surface area contributed by atoms with Gasteiger partial charge in [0.25, 0.3) is 0 Å². The Morgan fingerprint density at radius 3 is 2.75 bits per heavy atom. The predicted molar refractivity (Wildman–Crippen MR) is 110 cm³/mol. The van der Waals surface area contributed by atoms with Crippen molar-refractivity contribution in [2.45, 2.75) is 68.6 Å². The van der Waals surface area contributed by atoms with E-state index in [1.165, 1.54) is 30.5 Å². The highest BCUT2D eigenvalue weighted by Gasteiger charge is 2.51. The van der Waals surface area contributed by atoms with Crippen molar-refractivity contribution in [3.05, 3.63) is 29.3 Å². The number of piperidine rings is 1. The lowest BCUT2D eigenvalue weighted by atomic mass is 9.56. The van der Waals surface area contributed by atoms with Crippen LogP contribution in [0.25, 0.3) is 0 Å². The van der Waals surface area contributed by atoms with E-state index in [9.17, 15) is 13.5 Å². The first-order valence-corrected chi connectivity index (χ1v) is 12.5. The molecule has 3 fully saturated rings. The van der Waals surface area contributed by atoms with Crippen molar-refractivity contribution < 1.29 is 13.5 Å². The molecule has 6 heteroatoms. The molecule has 5 nitrogen and oxygen atoms in total. The number of hydrogen-bond acceptors (Lipinski definition) is 4. The fourth-order valence-electron chi connectivity index (χ4n) is 5.80. The normalized spacial score (nSPS) is 32.9. The zero-order chi connectivity index (χ0) is 19.5. The van der Waals surface area contributed by atoms with Crippen molar-refractivity contribution in [3.8, 4) is 5.75 Å². The van der Waals surface area contributed by atoms with Crippen molar-refractivity contribution in [2.24, 2.45) is 11.8 Å². The lowest BCUT2D eigenvalue weighted by Crippen LogP contribution is -2.60. The van der Waals surface area contributed by atoms with Crippen LogP contribution in [0.2, 0.25) is 0 Å². The second-order valence-electron chi connectivity index (χ2n) is 9.63. The molecule has 1 aromatic rings. The van der Waals surface area contributed by atoms with Crippen LogP contribution in [0.1, 0.15) is 56.6 Å². The van der Waals surface area contributed by atoms with Crippen LogP contribution < -0.4 is 4.72 Å². The van der Waals surface area contributed by atoms with Crippen molar-refractivity contribution in [1.29, 1.82) is 0 Å². The first-order chi connectivity index (χ1) is 13.4. The summed E-state index contributed by atoms with van der Waals surface area (Å²) in [6.45, 7) is 5.14. The van der Waals surface area contributed by atoms with Gasteiger partial charge in [-0.3, -0.25) is 4.90 Å². The summed E-state index contributed by atoms with van der Waals surface area (Å²) in [5.41, 5.74) is 2.54. The molecule has 1 heterocycles. The molecule has 1 aromatic carbocycles. The zero-order valence-electron chi connectivity index (χ0n) is 16.7. The van der Waals surface area contributed by atoms with Gasteiger partial charge in [0.2, 0.25) is 10.0 Å². The van der Waals surface area contributed by atoms with Gasteiger partial charge in [0.1, 0.15) is 5.75 Å². The molecule has 0 spiro atoms. The van der Waals surface area contributed by atoms with Gasteiger partial charge in [0, 0.05) is 24.5 Å². The molecular weight excluding hydrogens is 372 g/mol. The summed E-state index contributed by atoms with van der Waals surface area (Å²) < 4.78 is 27.5. The van der Waals surface area contributed by atoms with E-state index < -0.39 is 10.0 Å². The van der Waals surface area contributed by atoms with Gasteiger partial charge in [0.05, 0.1) is 5.25 Å². The standard InChI is InChI=1S/C22H32N2O3S/c1-15-21-12-17-4-5-18(25)13-20(17)22(15,9-11-24(21)14-16-2-3-16)8-10-23-28(26,27)19-6-7-19/h4-5,13,15-16,19,21,23,25H,2-3,6-12,14H2,1H3/t15-,21+,22-/m0/s1. The molecule has 2 bridgehead atoms. The number of nitrogens with zero attached hydrogens (tertiary/aromatic N) is 1. The number of fused-ring (bicyclic) bond motifs is 4. The van der Waals surface area contributed by atoms with Gasteiger partial charge < -0.3 is 5.11 Å². The van der Waals surface area contributed by atoms with Crippen molar-refractivity contribution >= 4 is 10.0 Å². The van der Waals surface area contributed by atoms with E-state index in [0.29, 0.717) is 24.3 Å². The highest BCUT2D eigenvalue weighted by molar-refractivity contribution is 7.90. The van der Waals surface area contributed by atoms with E-state index >= 15 is 0 Å². The van der Waals surface area contributed by atoms with E-state index in [1.54, 1.807) is 6.07 Å². The Balaban J connectivity index is 1.42. The SMILES string of the molecule is C[C@H]1[C@H]2Cc3ccc(O)cc3[C@@]1(CCNS(=O)(=O)C1CC1)CCN2CC1CC1. The van der Waals surface area contributed by atoms with Gasteiger partial charge in [-0.15, -0.1) is 0 Å². The van der Waals surface area contributed by atoms with E-state index in [4.69, 9.17) is 0 Å². The number of hydrogen-bond donors (Lipinski definition) is 2. The smallest absolute Gasteiger partial charge is 0.214 e. The van der Waals surface area contributed by atoms with Crippen LogP contribution in [0.15, 0.2) is 18.2 Å². The number of benzene rings is 1. The molecule has 0 aromatic heterocycles. The molecule has 1 aliphatic heterocycles. The van der Waals surface area contributed by atoms with Gasteiger partial charge >= 0.3 is 0 Å². The summed E-state index contributed by atoms with van der Waals surface area (Å²) in [4.78, 5) is 2.70. The maximum Gasteiger partial charge on any atom is 0.214 e. The van der Waals surface area contributed by atoms with Crippen LogP contribution in [0.5, 0.6) is 5.75 Å². The Hall–Kier alpha value is -1.11. The third-order valence-electron chi connectivity index (χ3n) is 7.85. The van der Waals surface area contributed by atoms with Crippen LogP contribution in [0, 0.1) is 11.8 Å². The molecule has 2 saturated carbocycles.